The molecule has 0 saturated heterocycles. The molecule has 0 aliphatic carbocycles. The molecule has 0 fully saturated rings. The van der Waals surface area contributed by atoms with E-state index in [4.69, 9.17) is 5.73 Å². The molecular formula is C5H7FN4. The number of nitrogens with one attached hydrogen (secondary N) is 1. The topological polar surface area (TPSA) is 63.8 Å². The van der Waals surface area contributed by atoms with Crippen molar-refractivity contribution < 1.29 is 4.39 Å². The molecule has 10 heavy (non-hydrogen) atoms. The average Bonchev–Trinajstić information content (AvgIpc) is 1.95. The number of halogens is 1. The van der Waals surface area contributed by atoms with Gasteiger partial charge in [0.15, 0.2) is 5.82 Å². The molecule has 0 aliphatic heterocycles. The summed E-state index contributed by atoms with van der Waals surface area (Å²) in [4.78, 5) is 6.91. The molecule has 1 aromatic heterocycles. The minimum Gasteiger partial charge on any atom is -0.392 e. The zero-order chi connectivity index (χ0) is 7.56. The first-order valence-electron chi connectivity index (χ1n) is 2.69. The molecule has 4 nitrogen and oxygen atoms in total. The molecule has 0 bridgehead atoms. The van der Waals surface area contributed by atoms with Crippen LogP contribution < -0.4 is 11.1 Å². The van der Waals surface area contributed by atoms with E-state index in [1.54, 1.807) is 7.05 Å². The fraction of sp³-hybridized carbons (Fsp3) is 0.200. The maximum Gasteiger partial charge on any atom is 0.241 e. The summed E-state index contributed by atoms with van der Waals surface area (Å²) >= 11 is 0. The van der Waals surface area contributed by atoms with Crippen LogP contribution in [0.1, 0.15) is 0 Å². The Kier molecular flexibility index (Phi) is 1.66. The van der Waals surface area contributed by atoms with Crippen LogP contribution in [-0.2, 0) is 0 Å². The Bertz CT molecular complexity index is 237. The van der Waals surface area contributed by atoms with Crippen LogP contribution in [0, 0.1) is 5.95 Å². The first-order chi connectivity index (χ1) is 4.75. The summed E-state index contributed by atoms with van der Waals surface area (Å²) in [6.07, 6.45) is 1.11. The van der Waals surface area contributed by atoms with Crippen LogP contribution in [0.25, 0.3) is 0 Å². The Labute approximate surface area is 57.3 Å². The number of anilines is 2. The van der Waals surface area contributed by atoms with Gasteiger partial charge in [-0.1, -0.05) is 0 Å². The molecule has 0 amide bonds. The molecule has 0 saturated carbocycles. The molecule has 54 valence electrons. The third kappa shape index (κ3) is 0.975. The van der Waals surface area contributed by atoms with E-state index in [9.17, 15) is 4.39 Å². The Hall–Kier alpha value is -1.39. The molecule has 0 aromatic carbocycles. The predicted octanol–water partition coefficient (Wildman–Crippen LogP) is 0.240. The Morgan fingerprint density at radius 1 is 1.60 bits per heavy atom. The van der Waals surface area contributed by atoms with E-state index in [1.165, 1.54) is 0 Å². The first-order valence-corrected chi connectivity index (χ1v) is 2.69. The molecule has 0 unspecified atom stereocenters. The standard InChI is InChI=1S/C5H7FN4/c1-8-5-3(7)4(6)9-2-10-5/h2H,7H2,1H3,(H,8,9,10). The predicted molar refractivity (Wildman–Crippen MR) is 35.9 cm³/mol. The van der Waals surface area contributed by atoms with E-state index >= 15 is 0 Å². The van der Waals surface area contributed by atoms with Crippen molar-refractivity contribution in [1.82, 2.24) is 9.97 Å². The van der Waals surface area contributed by atoms with E-state index < -0.39 is 5.95 Å². The van der Waals surface area contributed by atoms with Crippen molar-refractivity contribution >= 4 is 11.5 Å². The second-order valence-electron chi connectivity index (χ2n) is 1.68. The molecule has 0 spiro atoms. The molecule has 1 rings (SSSR count). The van der Waals surface area contributed by atoms with E-state index in [0.717, 1.165) is 6.33 Å². The number of aromatic nitrogens is 2. The Balaban J connectivity index is 3.14. The largest absolute Gasteiger partial charge is 0.392 e. The third-order valence-electron chi connectivity index (χ3n) is 1.07. The van der Waals surface area contributed by atoms with Crippen LogP contribution in [0.4, 0.5) is 15.9 Å². The number of hydrogen-bond donors (Lipinski definition) is 2. The number of nitrogens with two attached hydrogens (primary N) is 1. The van der Waals surface area contributed by atoms with E-state index in [0.29, 0.717) is 5.82 Å². The maximum atomic E-state index is 12.5. The highest BCUT2D eigenvalue weighted by Gasteiger charge is 2.03. The van der Waals surface area contributed by atoms with Crippen LogP contribution in [0.5, 0.6) is 0 Å². The summed E-state index contributed by atoms with van der Waals surface area (Å²) in [6.45, 7) is 0. The minimum atomic E-state index is -0.695. The van der Waals surface area contributed by atoms with Gasteiger partial charge in [-0.05, 0) is 0 Å². The van der Waals surface area contributed by atoms with Gasteiger partial charge in [0.05, 0.1) is 0 Å². The van der Waals surface area contributed by atoms with Gasteiger partial charge in [0.25, 0.3) is 0 Å². The van der Waals surface area contributed by atoms with Crippen LogP contribution in [0.15, 0.2) is 6.33 Å². The molecule has 0 radical (unpaired) electrons. The van der Waals surface area contributed by atoms with Gasteiger partial charge in [-0.2, -0.15) is 4.39 Å². The molecule has 1 aromatic rings. The quantitative estimate of drug-likeness (QED) is 0.551. The Morgan fingerprint density at radius 2 is 2.30 bits per heavy atom. The van der Waals surface area contributed by atoms with Crippen LogP contribution >= 0.6 is 0 Å². The first kappa shape index (κ1) is 6.73. The molecular weight excluding hydrogens is 135 g/mol. The summed E-state index contributed by atoms with van der Waals surface area (Å²) in [5, 5.41) is 2.62. The van der Waals surface area contributed by atoms with Crippen molar-refractivity contribution in [3.05, 3.63) is 12.3 Å². The molecule has 1 heterocycles. The second-order valence-corrected chi connectivity index (χ2v) is 1.68. The summed E-state index contributed by atoms with van der Waals surface area (Å²) in [7, 11) is 1.61. The number of hydrogen-bond acceptors (Lipinski definition) is 4. The van der Waals surface area contributed by atoms with Crippen molar-refractivity contribution in [3.63, 3.8) is 0 Å². The third-order valence-corrected chi connectivity index (χ3v) is 1.07. The van der Waals surface area contributed by atoms with Gasteiger partial charge in [-0.25, -0.2) is 9.97 Å². The van der Waals surface area contributed by atoms with E-state index in [-0.39, 0.29) is 5.69 Å². The van der Waals surface area contributed by atoms with Gasteiger partial charge in [-0.15, -0.1) is 0 Å². The van der Waals surface area contributed by atoms with Gasteiger partial charge in [0.2, 0.25) is 5.95 Å². The van der Waals surface area contributed by atoms with Crippen LogP contribution in [0.3, 0.4) is 0 Å². The fourth-order valence-corrected chi connectivity index (χ4v) is 0.573. The van der Waals surface area contributed by atoms with Gasteiger partial charge in [0.1, 0.15) is 12.0 Å². The summed E-state index contributed by atoms with van der Waals surface area (Å²) in [5.74, 6) is -0.383. The lowest BCUT2D eigenvalue weighted by atomic mass is 10.5. The highest BCUT2D eigenvalue weighted by Crippen LogP contribution is 2.14. The van der Waals surface area contributed by atoms with Gasteiger partial charge >= 0.3 is 0 Å². The number of nitrogen functional groups attached to an aromatic ring is 1. The van der Waals surface area contributed by atoms with E-state index in [1.807, 2.05) is 0 Å². The van der Waals surface area contributed by atoms with Gasteiger partial charge < -0.3 is 11.1 Å². The van der Waals surface area contributed by atoms with Gasteiger partial charge in [-0.3, -0.25) is 0 Å². The maximum absolute atomic E-state index is 12.5. The zero-order valence-electron chi connectivity index (χ0n) is 5.43. The highest BCUT2D eigenvalue weighted by molar-refractivity contribution is 5.59. The van der Waals surface area contributed by atoms with Crippen LogP contribution in [-0.4, -0.2) is 17.0 Å². The monoisotopic (exact) mass is 142 g/mol. The summed E-state index contributed by atoms with van der Waals surface area (Å²) in [5.41, 5.74) is 5.18. The van der Waals surface area contributed by atoms with Crippen molar-refractivity contribution in [2.45, 2.75) is 0 Å². The van der Waals surface area contributed by atoms with Gasteiger partial charge in [0, 0.05) is 7.05 Å². The molecule has 0 aliphatic rings. The fourth-order valence-electron chi connectivity index (χ4n) is 0.573. The number of nitrogens with zero attached hydrogens (tertiary/aromatic N) is 2. The average molecular weight is 142 g/mol. The SMILES string of the molecule is CNc1ncnc(F)c1N. The van der Waals surface area contributed by atoms with Crippen LogP contribution in [0.2, 0.25) is 0 Å². The smallest absolute Gasteiger partial charge is 0.241 e. The summed E-state index contributed by atoms with van der Waals surface area (Å²) < 4.78 is 12.5. The highest BCUT2D eigenvalue weighted by atomic mass is 19.1. The second kappa shape index (κ2) is 2.47. The van der Waals surface area contributed by atoms with Crippen molar-refractivity contribution in [3.8, 4) is 0 Å². The summed E-state index contributed by atoms with van der Waals surface area (Å²) in [6, 6.07) is 0. The lowest BCUT2D eigenvalue weighted by Crippen LogP contribution is -2.02. The van der Waals surface area contributed by atoms with Crippen molar-refractivity contribution in [2.24, 2.45) is 0 Å². The lowest BCUT2D eigenvalue weighted by molar-refractivity contribution is 0.585. The number of rotatable bonds is 1. The molecule has 0 atom stereocenters. The minimum absolute atomic E-state index is 0.0509. The normalized spacial score (nSPS) is 9.40. The van der Waals surface area contributed by atoms with Crippen molar-refractivity contribution in [1.29, 1.82) is 0 Å². The zero-order valence-corrected chi connectivity index (χ0v) is 5.43. The molecule has 3 N–H and O–H groups in total. The van der Waals surface area contributed by atoms with E-state index in [2.05, 4.69) is 15.3 Å². The Morgan fingerprint density at radius 3 is 2.80 bits per heavy atom. The van der Waals surface area contributed by atoms with Crippen molar-refractivity contribution in [2.75, 3.05) is 18.1 Å². The molecule has 5 heteroatoms. The lowest BCUT2D eigenvalue weighted by Gasteiger charge is -2.00.